The molecule has 0 aromatic carbocycles. The van der Waals surface area contributed by atoms with Gasteiger partial charge in [-0.1, -0.05) is 0 Å². The lowest BCUT2D eigenvalue weighted by Crippen LogP contribution is -2.67. The Kier molecular flexibility index (Phi) is 5.18. The van der Waals surface area contributed by atoms with Crippen molar-refractivity contribution >= 4 is 11.8 Å². The van der Waals surface area contributed by atoms with E-state index in [0.717, 1.165) is 38.8 Å². The second-order valence-corrected chi connectivity index (χ2v) is 6.73. The highest BCUT2D eigenvalue weighted by molar-refractivity contribution is 5.78. The van der Waals surface area contributed by atoms with E-state index in [-0.39, 0.29) is 36.7 Å². The molecule has 0 bridgehead atoms. The third-order valence-electron chi connectivity index (χ3n) is 4.93. The van der Waals surface area contributed by atoms with Gasteiger partial charge in [-0.3, -0.25) is 9.59 Å². The van der Waals surface area contributed by atoms with Crippen LogP contribution in [0.2, 0.25) is 0 Å². The van der Waals surface area contributed by atoms with Crippen LogP contribution in [0.1, 0.15) is 25.7 Å². The van der Waals surface area contributed by atoms with Gasteiger partial charge in [0.15, 0.2) is 0 Å². The van der Waals surface area contributed by atoms with E-state index in [1.54, 1.807) is 4.90 Å². The topological polar surface area (TPSA) is 68.3 Å². The number of carbonyl (C=O) groups excluding carboxylic acids is 2. The number of rotatable bonds is 5. The summed E-state index contributed by atoms with van der Waals surface area (Å²) in [6, 6.07) is 0. The van der Waals surface area contributed by atoms with E-state index in [0.29, 0.717) is 19.7 Å². The maximum Gasteiger partial charge on any atom is 0.248 e. The van der Waals surface area contributed by atoms with Gasteiger partial charge in [0.2, 0.25) is 11.8 Å². The van der Waals surface area contributed by atoms with Gasteiger partial charge in [0.1, 0.15) is 18.8 Å². The number of nitrogens with zero attached hydrogens (tertiary/aromatic N) is 2. The molecule has 23 heavy (non-hydrogen) atoms. The normalized spacial score (nSPS) is 26.4. The van der Waals surface area contributed by atoms with Gasteiger partial charge in [-0.05, 0) is 19.3 Å². The van der Waals surface area contributed by atoms with Crippen molar-refractivity contribution in [1.82, 2.24) is 9.80 Å². The molecule has 3 heterocycles. The lowest BCUT2D eigenvalue weighted by Gasteiger charge is -2.52. The summed E-state index contributed by atoms with van der Waals surface area (Å²) in [5.41, 5.74) is -0.289. The average molecular weight is 326 g/mol. The fourth-order valence-electron chi connectivity index (χ4n) is 3.63. The predicted molar refractivity (Wildman–Crippen MR) is 81.9 cm³/mol. The molecule has 0 saturated carbocycles. The molecule has 2 amide bonds. The Morgan fingerprint density at radius 1 is 1.13 bits per heavy atom. The van der Waals surface area contributed by atoms with Gasteiger partial charge >= 0.3 is 0 Å². The smallest absolute Gasteiger partial charge is 0.248 e. The van der Waals surface area contributed by atoms with Crippen LogP contribution in [-0.4, -0.2) is 86.4 Å². The fourth-order valence-corrected chi connectivity index (χ4v) is 3.63. The van der Waals surface area contributed by atoms with Gasteiger partial charge in [0.25, 0.3) is 0 Å². The second kappa shape index (κ2) is 7.15. The van der Waals surface area contributed by atoms with Crippen molar-refractivity contribution in [3.63, 3.8) is 0 Å². The van der Waals surface area contributed by atoms with Crippen molar-refractivity contribution in [1.29, 1.82) is 0 Å². The first-order valence-electron chi connectivity index (χ1n) is 8.42. The van der Waals surface area contributed by atoms with E-state index in [1.807, 2.05) is 4.90 Å². The molecule has 0 aromatic heterocycles. The van der Waals surface area contributed by atoms with Crippen LogP contribution in [0.15, 0.2) is 0 Å². The van der Waals surface area contributed by atoms with E-state index in [4.69, 9.17) is 14.2 Å². The Morgan fingerprint density at radius 2 is 1.83 bits per heavy atom. The summed E-state index contributed by atoms with van der Waals surface area (Å²) in [6.07, 6.45) is 3.78. The highest BCUT2D eigenvalue weighted by Crippen LogP contribution is 2.35. The first-order chi connectivity index (χ1) is 11.1. The summed E-state index contributed by atoms with van der Waals surface area (Å²) in [5.74, 6) is 0.0857. The van der Waals surface area contributed by atoms with E-state index in [9.17, 15) is 9.59 Å². The standard InChI is InChI=1S/C16H26N2O5/c1-21-9-14(19)18-11-16(12-18)8-13(4-7-23-16)22-10-15(20)17-5-2-3-6-17/h13H,2-12H2,1H3. The van der Waals surface area contributed by atoms with Crippen LogP contribution in [0, 0.1) is 0 Å². The minimum absolute atomic E-state index is 0.00558. The van der Waals surface area contributed by atoms with Gasteiger partial charge in [0, 0.05) is 33.2 Å². The average Bonchev–Trinajstić information content (AvgIpc) is 3.05. The first kappa shape index (κ1) is 16.7. The van der Waals surface area contributed by atoms with Crippen molar-refractivity contribution in [2.45, 2.75) is 37.4 Å². The van der Waals surface area contributed by atoms with Crippen LogP contribution in [0.5, 0.6) is 0 Å². The molecule has 3 aliphatic rings. The summed E-state index contributed by atoms with van der Waals surface area (Å²) in [6.45, 7) is 3.79. The highest BCUT2D eigenvalue weighted by atomic mass is 16.5. The van der Waals surface area contributed by atoms with E-state index in [2.05, 4.69) is 0 Å². The molecule has 0 aromatic rings. The molecular formula is C16H26N2O5. The molecule has 3 aliphatic heterocycles. The number of amides is 2. The summed E-state index contributed by atoms with van der Waals surface area (Å²) < 4.78 is 16.6. The SMILES string of the molecule is COCC(=O)N1CC2(CC(OCC(=O)N3CCCC3)CCO2)C1. The van der Waals surface area contributed by atoms with Crippen LogP contribution in [-0.2, 0) is 23.8 Å². The number of ether oxygens (including phenoxy) is 3. The van der Waals surface area contributed by atoms with Crippen molar-refractivity contribution in [2.24, 2.45) is 0 Å². The van der Waals surface area contributed by atoms with E-state index >= 15 is 0 Å². The monoisotopic (exact) mass is 326 g/mol. The zero-order valence-corrected chi connectivity index (χ0v) is 13.8. The Bertz CT molecular complexity index is 444. The number of methoxy groups -OCH3 is 1. The number of likely N-dealkylation sites (tertiary alicyclic amines) is 2. The van der Waals surface area contributed by atoms with Crippen LogP contribution in [0.3, 0.4) is 0 Å². The van der Waals surface area contributed by atoms with E-state index < -0.39 is 0 Å². The van der Waals surface area contributed by atoms with Gasteiger partial charge in [-0.15, -0.1) is 0 Å². The lowest BCUT2D eigenvalue weighted by atomic mass is 9.84. The Labute approximate surface area is 136 Å². The lowest BCUT2D eigenvalue weighted by molar-refractivity contribution is -0.203. The maximum absolute atomic E-state index is 12.0. The molecule has 1 unspecified atom stereocenters. The quantitative estimate of drug-likeness (QED) is 0.713. The Morgan fingerprint density at radius 3 is 2.52 bits per heavy atom. The molecule has 1 spiro atoms. The molecule has 7 heteroatoms. The van der Waals surface area contributed by atoms with Gasteiger partial charge in [-0.2, -0.15) is 0 Å². The summed E-state index contributed by atoms with van der Waals surface area (Å²) in [4.78, 5) is 27.4. The fraction of sp³-hybridized carbons (Fsp3) is 0.875. The summed E-state index contributed by atoms with van der Waals surface area (Å²) in [7, 11) is 1.52. The minimum atomic E-state index is -0.289. The van der Waals surface area contributed by atoms with Crippen molar-refractivity contribution in [3.8, 4) is 0 Å². The summed E-state index contributed by atoms with van der Waals surface area (Å²) in [5, 5.41) is 0. The molecule has 3 saturated heterocycles. The molecule has 3 rings (SSSR count). The first-order valence-corrected chi connectivity index (χ1v) is 8.42. The van der Waals surface area contributed by atoms with Gasteiger partial charge in [0.05, 0.1) is 19.2 Å². The van der Waals surface area contributed by atoms with Crippen LogP contribution < -0.4 is 0 Å². The number of carbonyl (C=O) groups is 2. The predicted octanol–water partition coefficient (Wildman–Crippen LogP) is 0.0318. The molecule has 0 radical (unpaired) electrons. The third kappa shape index (κ3) is 3.84. The Balaban J connectivity index is 1.42. The maximum atomic E-state index is 12.0. The van der Waals surface area contributed by atoms with Crippen molar-refractivity contribution < 1.29 is 23.8 Å². The minimum Gasteiger partial charge on any atom is -0.375 e. The van der Waals surface area contributed by atoms with Crippen LogP contribution in [0.25, 0.3) is 0 Å². The zero-order valence-electron chi connectivity index (χ0n) is 13.8. The highest BCUT2D eigenvalue weighted by Gasteiger charge is 2.49. The second-order valence-electron chi connectivity index (χ2n) is 6.73. The number of hydrogen-bond acceptors (Lipinski definition) is 5. The summed E-state index contributed by atoms with van der Waals surface area (Å²) >= 11 is 0. The zero-order chi connectivity index (χ0) is 16.3. The van der Waals surface area contributed by atoms with Gasteiger partial charge in [-0.25, -0.2) is 0 Å². The van der Waals surface area contributed by atoms with E-state index in [1.165, 1.54) is 7.11 Å². The third-order valence-corrected chi connectivity index (χ3v) is 4.93. The largest absolute Gasteiger partial charge is 0.375 e. The molecular weight excluding hydrogens is 300 g/mol. The van der Waals surface area contributed by atoms with Gasteiger partial charge < -0.3 is 24.0 Å². The van der Waals surface area contributed by atoms with Crippen LogP contribution in [0.4, 0.5) is 0 Å². The van der Waals surface area contributed by atoms with Crippen molar-refractivity contribution in [2.75, 3.05) is 53.1 Å². The number of hydrogen-bond donors (Lipinski definition) is 0. The van der Waals surface area contributed by atoms with Crippen molar-refractivity contribution in [3.05, 3.63) is 0 Å². The molecule has 0 aliphatic carbocycles. The molecule has 1 atom stereocenters. The van der Waals surface area contributed by atoms with Crippen LogP contribution >= 0.6 is 0 Å². The molecule has 0 N–H and O–H groups in total. The molecule has 130 valence electrons. The Hall–Kier alpha value is -1.18. The molecule has 7 nitrogen and oxygen atoms in total. The molecule has 3 fully saturated rings.